The van der Waals surface area contributed by atoms with E-state index in [2.05, 4.69) is 4.74 Å². The lowest BCUT2D eigenvalue weighted by Gasteiger charge is -2.33. The van der Waals surface area contributed by atoms with Crippen LogP contribution in [0.15, 0.2) is 11.4 Å². The molecule has 1 aliphatic rings. The highest BCUT2D eigenvalue weighted by Crippen LogP contribution is 2.38. The first-order chi connectivity index (χ1) is 8.06. The van der Waals surface area contributed by atoms with Crippen molar-refractivity contribution in [2.45, 2.75) is 12.1 Å². The maximum absolute atomic E-state index is 11.6. The Morgan fingerprint density at radius 1 is 1.59 bits per heavy atom. The fraction of sp³-hybridized carbons (Fsp3) is 0.400. The number of hydrogen-bond donors (Lipinski definition) is 2. The number of carbonyl (C=O) groups excluding carboxylic acids is 1. The largest absolute Gasteiger partial charge is 0.467 e. The first-order valence-electron chi connectivity index (χ1n) is 4.89. The number of hydrogen-bond acceptors (Lipinski definition) is 5. The normalized spacial score (nSPS) is 23.1. The third-order valence-corrected chi connectivity index (χ3v) is 3.67. The molecule has 0 aromatic carbocycles. The van der Waals surface area contributed by atoms with Crippen LogP contribution in [0, 0.1) is 0 Å². The van der Waals surface area contributed by atoms with Crippen LogP contribution in [0.1, 0.15) is 22.6 Å². The van der Waals surface area contributed by atoms with Crippen LogP contribution in [0.5, 0.6) is 0 Å². The van der Waals surface area contributed by atoms with Crippen LogP contribution in [-0.2, 0) is 9.53 Å². The summed E-state index contributed by atoms with van der Waals surface area (Å²) in [6.07, 6.45) is -2.15. The molecule has 2 unspecified atom stereocenters. The van der Waals surface area contributed by atoms with Crippen LogP contribution in [-0.4, -0.2) is 40.8 Å². The van der Waals surface area contributed by atoms with Gasteiger partial charge in [-0.25, -0.2) is 9.59 Å². The Bertz CT molecular complexity index is 457. The third-order valence-electron chi connectivity index (χ3n) is 2.69. The number of esters is 1. The second-order valence-corrected chi connectivity index (χ2v) is 4.56. The van der Waals surface area contributed by atoms with Gasteiger partial charge in [0.1, 0.15) is 0 Å². The predicted octanol–water partition coefficient (Wildman–Crippen LogP) is 0.989. The van der Waals surface area contributed by atoms with Gasteiger partial charge in [0.2, 0.25) is 0 Å². The van der Waals surface area contributed by atoms with Crippen molar-refractivity contribution >= 4 is 23.4 Å². The van der Waals surface area contributed by atoms with Gasteiger partial charge in [-0.2, -0.15) is 0 Å². The minimum atomic E-state index is -1.25. The Kier molecular flexibility index (Phi) is 3.03. The van der Waals surface area contributed by atoms with Crippen molar-refractivity contribution in [1.29, 1.82) is 0 Å². The molecule has 17 heavy (non-hydrogen) atoms. The molecule has 1 aromatic rings. The second kappa shape index (κ2) is 4.34. The minimum Gasteiger partial charge on any atom is -0.467 e. The average Bonchev–Trinajstić information content (AvgIpc) is 2.77. The zero-order valence-corrected chi connectivity index (χ0v) is 9.81. The first-order valence-corrected chi connectivity index (χ1v) is 5.77. The number of methoxy groups -OCH3 is 1. The molecule has 0 spiro atoms. The molecule has 0 radical (unpaired) electrons. The average molecular weight is 257 g/mol. The van der Waals surface area contributed by atoms with Gasteiger partial charge in [0.25, 0.3) is 0 Å². The monoisotopic (exact) mass is 257 g/mol. The van der Waals surface area contributed by atoms with E-state index in [0.29, 0.717) is 10.4 Å². The molecule has 92 valence electrons. The molecule has 0 fully saturated rings. The van der Waals surface area contributed by atoms with Gasteiger partial charge in [0.05, 0.1) is 19.8 Å². The van der Waals surface area contributed by atoms with E-state index in [-0.39, 0.29) is 6.54 Å². The lowest BCUT2D eigenvalue weighted by molar-refractivity contribution is -0.147. The third kappa shape index (κ3) is 1.87. The van der Waals surface area contributed by atoms with Gasteiger partial charge in [-0.15, -0.1) is 11.3 Å². The van der Waals surface area contributed by atoms with Crippen LogP contribution in [0.3, 0.4) is 0 Å². The molecule has 2 heterocycles. The molecule has 2 rings (SSSR count). The zero-order chi connectivity index (χ0) is 12.6. The highest BCUT2D eigenvalue weighted by Gasteiger charge is 2.41. The summed E-state index contributed by atoms with van der Waals surface area (Å²) in [6.45, 7) is -0.126. The quantitative estimate of drug-likeness (QED) is 0.732. The summed E-state index contributed by atoms with van der Waals surface area (Å²) >= 11 is 1.24. The Balaban J connectivity index is 2.47. The van der Waals surface area contributed by atoms with E-state index in [1.54, 1.807) is 11.4 Å². The van der Waals surface area contributed by atoms with Crippen molar-refractivity contribution in [3.63, 3.8) is 0 Å². The summed E-state index contributed by atoms with van der Waals surface area (Å²) in [6, 6.07) is 0.718. The number of nitrogens with zero attached hydrogens (tertiary/aromatic N) is 1. The SMILES string of the molecule is COC(=O)C1c2sccc2C(O)CN1C(=O)O. The second-order valence-electron chi connectivity index (χ2n) is 3.62. The van der Waals surface area contributed by atoms with Crippen LogP contribution in [0.25, 0.3) is 0 Å². The molecule has 2 N–H and O–H groups in total. The number of rotatable bonds is 1. The van der Waals surface area contributed by atoms with Crippen molar-refractivity contribution < 1.29 is 24.5 Å². The summed E-state index contributed by atoms with van der Waals surface area (Å²) in [5.74, 6) is -0.636. The van der Waals surface area contributed by atoms with Gasteiger partial charge in [-0.05, 0) is 17.0 Å². The maximum Gasteiger partial charge on any atom is 0.408 e. The van der Waals surface area contributed by atoms with Crippen molar-refractivity contribution in [3.8, 4) is 0 Å². The maximum atomic E-state index is 11.6. The molecular weight excluding hydrogens is 246 g/mol. The molecular formula is C10H11NO5S. The number of aliphatic hydroxyl groups excluding tert-OH is 1. The first kappa shape index (κ1) is 11.9. The van der Waals surface area contributed by atoms with Crippen molar-refractivity contribution in [3.05, 3.63) is 21.9 Å². The number of ether oxygens (including phenoxy) is 1. The zero-order valence-electron chi connectivity index (χ0n) is 8.99. The fourth-order valence-corrected chi connectivity index (χ4v) is 2.95. The number of thiophene rings is 1. The highest BCUT2D eigenvalue weighted by atomic mass is 32.1. The van der Waals surface area contributed by atoms with Crippen LogP contribution >= 0.6 is 11.3 Å². The van der Waals surface area contributed by atoms with E-state index >= 15 is 0 Å². The summed E-state index contributed by atoms with van der Waals surface area (Å²) in [5, 5.41) is 20.6. The minimum absolute atomic E-state index is 0.126. The molecule has 0 aliphatic carbocycles. The Hall–Kier alpha value is -1.60. The molecule has 7 heteroatoms. The van der Waals surface area contributed by atoms with Gasteiger partial charge >= 0.3 is 12.1 Å². The lowest BCUT2D eigenvalue weighted by Crippen LogP contribution is -2.44. The standard InChI is InChI=1S/C10H11NO5S/c1-16-9(13)7-8-5(2-3-17-8)6(12)4-11(7)10(14)15/h2-3,6-7,12H,4H2,1H3,(H,14,15). The van der Waals surface area contributed by atoms with Gasteiger partial charge in [0, 0.05) is 4.88 Å². The smallest absolute Gasteiger partial charge is 0.408 e. The molecule has 0 saturated heterocycles. The van der Waals surface area contributed by atoms with Gasteiger partial charge < -0.3 is 14.9 Å². The summed E-state index contributed by atoms with van der Waals surface area (Å²) in [5.41, 5.74) is 0.600. The van der Waals surface area contributed by atoms with Gasteiger partial charge in [0.15, 0.2) is 6.04 Å². The van der Waals surface area contributed by atoms with E-state index < -0.39 is 24.2 Å². The Morgan fingerprint density at radius 3 is 2.88 bits per heavy atom. The molecule has 1 aromatic heterocycles. The molecule has 0 saturated carbocycles. The fourth-order valence-electron chi connectivity index (χ4n) is 1.89. The molecule has 6 nitrogen and oxygen atoms in total. The van der Waals surface area contributed by atoms with Crippen molar-refractivity contribution in [2.24, 2.45) is 0 Å². The van der Waals surface area contributed by atoms with E-state index in [1.165, 1.54) is 18.4 Å². The van der Waals surface area contributed by atoms with Gasteiger partial charge in [-0.1, -0.05) is 0 Å². The molecule has 1 amide bonds. The summed E-state index contributed by atoms with van der Waals surface area (Å²) in [4.78, 5) is 24.1. The van der Waals surface area contributed by atoms with Crippen LogP contribution in [0.4, 0.5) is 4.79 Å². The molecule has 2 atom stereocenters. The summed E-state index contributed by atoms with van der Waals surface area (Å²) in [7, 11) is 1.21. The number of aliphatic hydroxyl groups is 1. The van der Waals surface area contributed by atoms with Crippen molar-refractivity contribution in [1.82, 2.24) is 4.90 Å². The number of fused-ring (bicyclic) bond motifs is 1. The van der Waals surface area contributed by atoms with Crippen LogP contribution < -0.4 is 0 Å². The number of carboxylic acid groups (broad SMARTS) is 1. The highest BCUT2D eigenvalue weighted by molar-refractivity contribution is 7.10. The van der Waals surface area contributed by atoms with Crippen LogP contribution in [0.2, 0.25) is 0 Å². The van der Waals surface area contributed by atoms with Crippen molar-refractivity contribution in [2.75, 3.05) is 13.7 Å². The molecule has 1 aliphatic heterocycles. The molecule has 0 bridgehead atoms. The van der Waals surface area contributed by atoms with E-state index in [4.69, 9.17) is 5.11 Å². The topological polar surface area (TPSA) is 87.1 Å². The van der Waals surface area contributed by atoms with Gasteiger partial charge in [-0.3, -0.25) is 4.90 Å². The van der Waals surface area contributed by atoms with E-state index in [1.807, 2.05) is 0 Å². The summed E-state index contributed by atoms with van der Waals surface area (Å²) < 4.78 is 4.61. The van der Waals surface area contributed by atoms with E-state index in [0.717, 1.165) is 4.90 Å². The number of carbonyl (C=O) groups is 2. The Morgan fingerprint density at radius 2 is 2.29 bits per heavy atom. The number of β-amino-alcohol motifs (C(OH)–C–C–N with tert-alkyl or cyclic N) is 1. The number of amides is 1. The predicted molar refractivity (Wildman–Crippen MR) is 58.8 cm³/mol. The lowest BCUT2D eigenvalue weighted by atomic mass is 10.00. The Labute approximate surface area is 101 Å². The van der Waals surface area contributed by atoms with E-state index in [9.17, 15) is 14.7 Å².